The lowest BCUT2D eigenvalue weighted by atomic mass is 9.84. The highest BCUT2D eigenvalue weighted by atomic mass is 16.5. The number of carbonyl (C=O) groups excluding carboxylic acids is 1. The number of alkyl carbamates (subject to hydrolysis) is 1. The summed E-state index contributed by atoms with van der Waals surface area (Å²) in [6, 6.07) is 9.40. The monoisotopic (exact) mass is 277 g/mol. The molecule has 1 atom stereocenters. The first-order chi connectivity index (χ1) is 9.79. The summed E-state index contributed by atoms with van der Waals surface area (Å²) in [5, 5.41) is 12.2. The topological polar surface area (TPSA) is 58.6 Å². The number of benzene rings is 1. The Morgan fingerprint density at radius 3 is 2.60 bits per heavy atom. The van der Waals surface area contributed by atoms with Crippen LogP contribution in [0.3, 0.4) is 0 Å². The molecule has 0 aromatic heterocycles. The second-order valence-corrected chi connectivity index (χ2v) is 5.39. The van der Waals surface area contributed by atoms with Gasteiger partial charge in [0.1, 0.15) is 6.61 Å². The molecule has 4 nitrogen and oxygen atoms in total. The second kappa shape index (κ2) is 7.90. The third-order valence-electron chi connectivity index (χ3n) is 3.93. The maximum Gasteiger partial charge on any atom is 0.407 e. The molecule has 0 saturated heterocycles. The van der Waals surface area contributed by atoms with Crippen molar-refractivity contribution >= 4 is 6.09 Å². The van der Waals surface area contributed by atoms with Crippen molar-refractivity contribution in [3.63, 3.8) is 0 Å². The zero-order chi connectivity index (χ0) is 14.2. The van der Waals surface area contributed by atoms with Crippen LogP contribution in [0.5, 0.6) is 0 Å². The number of amides is 1. The lowest BCUT2D eigenvalue weighted by molar-refractivity contribution is 0.115. The van der Waals surface area contributed by atoms with E-state index in [-0.39, 0.29) is 19.3 Å². The molecular weight excluding hydrogens is 254 g/mol. The van der Waals surface area contributed by atoms with Gasteiger partial charge in [0.05, 0.1) is 12.6 Å². The van der Waals surface area contributed by atoms with E-state index in [2.05, 4.69) is 5.32 Å². The van der Waals surface area contributed by atoms with Crippen molar-refractivity contribution in [2.24, 2.45) is 5.92 Å². The van der Waals surface area contributed by atoms with E-state index in [1.165, 1.54) is 19.3 Å². The molecule has 2 N–H and O–H groups in total. The molecule has 20 heavy (non-hydrogen) atoms. The Bertz CT molecular complexity index is 401. The fourth-order valence-electron chi connectivity index (χ4n) is 2.77. The Balaban J connectivity index is 1.77. The predicted molar refractivity (Wildman–Crippen MR) is 77.2 cm³/mol. The molecule has 110 valence electrons. The highest BCUT2D eigenvalue weighted by molar-refractivity contribution is 5.67. The molecule has 1 amide bonds. The first-order valence-electron chi connectivity index (χ1n) is 7.37. The van der Waals surface area contributed by atoms with Crippen molar-refractivity contribution in [3.8, 4) is 0 Å². The molecule has 0 aliphatic heterocycles. The van der Waals surface area contributed by atoms with Gasteiger partial charge in [-0.15, -0.1) is 0 Å². The zero-order valence-corrected chi connectivity index (χ0v) is 11.8. The Hall–Kier alpha value is -1.55. The number of carbonyl (C=O) groups is 1. The number of rotatable bonds is 5. The van der Waals surface area contributed by atoms with Crippen molar-refractivity contribution < 1.29 is 14.6 Å². The van der Waals surface area contributed by atoms with Crippen molar-refractivity contribution in [1.29, 1.82) is 0 Å². The maximum atomic E-state index is 11.8. The lowest BCUT2D eigenvalue weighted by Crippen LogP contribution is -2.43. The number of hydrogen-bond acceptors (Lipinski definition) is 3. The first-order valence-corrected chi connectivity index (χ1v) is 7.37. The average Bonchev–Trinajstić information content (AvgIpc) is 2.52. The smallest absolute Gasteiger partial charge is 0.407 e. The SMILES string of the molecule is O=C(N[C@@H](CO)C1CCCCC1)OCc1ccccc1. The summed E-state index contributed by atoms with van der Waals surface area (Å²) in [5.41, 5.74) is 0.959. The van der Waals surface area contributed by atoms with Gasteiger partial charge in [0, 0.05) is 0 Å². The predicted octanol–water partition coefficient (Wildman–Crippen LogP) is 2.85. The fraction of sp³-hybridized carbons (Fsp3) is 0.562. The van der Waals surface area contributed by atoms with Crippen LogP contribution in [0, 0.1) is 5.92 Å². The second-order valence-electron chi connectivity index (χ2n) is 5.39. The van der Waals surface area contributed by atoms with Gasteiger partial charge in [-0.05, 0) is 24.3 Å². The summed E-state index contributed by atoms with van der Waals surface area (Å²) in [6.07, 6.45) is 5.32. The number of hydrogen-bond donors (Lipinski definition) is 2. The minimum atomic E-state index is -0.446. The maximum absolute atomic E-state index is 11.8. The van der Waals surface area contributed by atoms with Crippen LogP contribution in [0.1, 0.15) is 37.7 Å². The van der Waals surface area contributed by atoms with Gasteiger partial charge in [0.25, 0.3) is 0 Å². The zero-order valence-electron chi connectivity index (χ0n) is 11.8. The summed E-state index contributed by atoms with van der Waals surface area (Å²) in [7, 11) is 0. The van der Waals surface area contributed by atoms with E-state index < -0.39 is 6.09 Å². The van der Waals surface area contributed by atoms with Crippen LogP contribution < -0.4 is 5.32 Å². The van der Waals surface area contributed by atoms with Gasteiger partial charge in [-0.1, -0.05) is 49.6 Å². The fourth-order valence-corrected chi connectivity index (χ4v) is 2.77. The van der Waals surface area contributed by atoms with E-state index in [1.807, 2.05) is 30.3 Å². The average molecular weight is 277 g/mol. The summed E-state index contributed by atoms with van der Waals surface area (Å²) in [5.74, 6) is 0.373. The molecule has 1 aliphatic rings. The van der Waals surface area contributed by atoms with Crippen LogP contribution in [0.15, 0.2) is 30.3 Å². The van der Waals surface area contributed by atoms with Crippen LogP contribution >= 0.6 is 0 Å². The van der Waals surface area contributed by atoms with E-state index in [4.69, 9.17) is 4.74 Å². The molecule has 0 unspecified atom stereocenters. The molecule has 1 aromatic carbocycles. The summed E-state index contributed by atoms with van der Waals surface area (Å²) < 4.78 is 5.19. The molecule has 0 radical (unpaired) electrons. The quantitative estimate of drug-likeness (QED) is 0.870. The highest BCUT2D eigenvalue weighted by Gasteiger charge is 2.24. The number of aliphatic hydroxyl groups is 1. The van der Waals surface area contributed by atoms with Gasteiger partial charge in [-0.2, -0.15) is 0 Å². The minimum absolute atomic E-state index is 0.0227. The molecule has 1 saturated carbocycles. The molecule has 2 rings (SSSR count). The first kappa shape index (κ1) is 14.9. The van der Waals surface area contributed by atoms with Gasteiger partial charge in [-0.25, -0.2) is 4.79 Å². The third-order valence-corrected chi connectivity index (χ3v) is 3.93. The van der Waals surface area contributed by atoms with Crippen molar-refractivity contribution in [1.82, 2.24) is 5.32 Å². The third kappa shape index (κ3) is 4.53. The molecule has 0 heterocycles. The molecule has 4 heteroatoms. The molecule has 0 bridgehead atoms. The van der Waals surface area contributed by atoms with Gasteiger partial charge in [-0.3, -0.25) is 0 Å². The van der Waals surface area contributed by atoms with Crippen LogP contribution in [-0.2, 0) is 11.3 Å². The molecular formula is C16H23NO3. The summed E-state index contributed by atoms with van der Waals surface area (Å²) in [4.78, 5) is 11.8. The van der Waals surface area contributed by atoms with Crippen molar-refractivity contribution in [2.45, 2.75) is 44.8 Å². The summed E-state index contributed by atoms with van der Waals surface area (Å²) in [6.45, 7) is 0.237. The van der Waals surface area contributed by atoms with Crippen LogP contribution in [0.4, 0.5) is 4.79 Å². The van der Waals surface area contributed by atoms with Crippen LogP contribution in [0.25, 0.3) is 0 Å². The molecule has 1 fully saturated rings. The van der Waals surface area contributed by atoms with Gasteiger partial charge in [0.2, 0.25) is 0 Å². The van der Waals surface area contributed by atoms with Crippen molar-refractivity contribution in [3.05, 3.63) is 35.9 Å². The standard InChI is InChI=1S/C16H23NO3/c18-11-15(14-9-5-2-6-10-14)17-16(19)20-12-13-7-3-1-4-8-13/h1,3-4,7-8,14-15,18H,2,5-6,9-12H2,(H,17,19)/t15-/m0/s1. The number of aliphatic hydroxyl groups excluding tert-OH is 1. The number of nitrogens with one attached hydrogen (secondary N) is 1. The van der Waals surface area contributed by atoms with E-state index >= 15 is 0 Å². The van der Waals surface area contributed by atoms with Gasteiger partial charge >= 0.3 is 6.09 Å². The molecule has 1 aromatic rings. The van der Waals surface area contributed by atoms with Crippen LogP contribution in [0.2, 0.25) is 0 Å². The molecule has 1 aliphatic carbocycles. The van der Waals surface area contributed by atoms with E-state index in [0.717, 1.165) is 18.4 Å². The largest absolute Gasteiger partial charge is 0.445 e. The highest BCUT2D eigenvalue weighted by Crippen LogP contribution is 2.26. The van der Waals surface area contributed by atoms with E-state index in [0.29, 0.717) is 5.92 Å². The van der Waals surface area contributed by atoms with Gasteiger partial charge in [0.15, 0.2) is 0 Å². The lowest BCUT2D eigenvalue weighted by Gasteiger charge is -2.29. The van der Waals surface area contributed by atoms with E-state index in [9.17, 15) is 9.90 Å². The normalized spacial score (nSPS) is 17.4. The Labute approximate surface area is 120 Å². The Kier molecular flexibility index (Phi) is 5.87. The Morgan fingerprint density at radius 2 is 1.95 bits per heavy atom. The minimum Gasteiger partial charge on any atom is -0.445 e. The Morgan fingerprint density at radius 1 is 1.25 bits per heavy atom. The van der Waals surface area contributed by atoms with Gasteiger partial charge < -0.3 is 15.2 Å². The van der Waals surface area contributed by atoms with Crippen LogP contribution in [-0.4, -0.2) is 23.8 Å². The number of ether oxygens (including phenoxy) is 1. The summed E-state index contributed by atoms with van der Waals surface area (Å²) >= 11 is 0. The molecule has 0 spiro atoms. The van der Waals surface area contributed by atoms with Crippen molar-refractivity contribution in [2.75, 3.05) is 6.61 Å². The van der Waals surface area contributed by atoms with E-state index in [1.54, 1.807) is 0 Å².